The van der Waals surface area contributed by atoms with Crippen LogP contribution in [0.5, 0.6) is 0 Å². The number of amides is 2. The molecule has 0 aromatic heterocycles. The number of rotatable bonds is 11. The summed E-state index contributed by atoms with van der Waals surface area (Å²) in [5.74, 6) is -1.08. The van der Waals surface area contributed by atoms with Crippen molar-refractivity contribution < 1.29 is 18.0 Å². The van der Waals surface area contributed by atoms with Crippen LogP contribution in [0.3, 0.4) is 0 Å². The van der Waals surface area contributed by atoms with E-state index in [-0.39, 0.29) is 33.6 Å². The van der Waals surface area contributed by atoms with E-state index >= 15 is 0 Å². The number of nitrogens with one attached hydrogen (secondary N) is 1. The zero-order valence-electron chi connectivity index (χ0n) is 22.9. The number of anilines is 1. The minimum absolute atomic E-state index is 0.0305. The van der Waals surface area contributed by atoms with Gasteiger partial charge in [-0.1, -0.05) is 101 Å². The van der Waals surface area contributed by atoms with Gasteiger partial charge >= 0.3 is 0 Å². The SMILES string of the molecule is CNC(=O)C(Cc1ccccc1)N(Cc1ccc(Cl)c(Cl)c1)C(=O)CN(c1ccc(Cl)cc1Cl)S(=O)(=O)c1ccccc1. The van der Waals surface area contributed by atoms with Crippen LogP contribution in [0.2, 0.25) is 20.1 Å². The van der Waals surface area contributed by atoms with Gasteiger partial charge in [-0.3, -0.25) is 13.9 Å². The Morgan fingerprint density at radius 2 is 1.42 bits per heavy atom. The highest BCUT2D eigenvalue weighted by molar-refractivity contribution is 7.92. The zero-order valence-corrected chi connectivity index (χ0v) is 26.7. The summed E-state index contributed by atoms with van der Waals surface area (Å²) in [5.41, 5.74) is 1.45. The summed E-state index contributed by atoms with van der Waals surface area (Å²) in [6.07, 6.45) is 0.167. The van der Waals surface area contributed by atoms with Crippen molar-refractivity contribution in [1.82, 2.24) is 10.2 Å². The van der Waals surface area contributed by atoms with Crippen LogP contribution in [0.15, 0.2) is 102 Å². The lowest BCUT2D eigenvalue weighted by molar-refractivity contribution is -0.139. The van der Waals surface area contributed by atoms with Crippen LogP contribution in [0.4, 0.5) is 5.69 Å². The fourth-order valence-corrected chi connectivity index (χ4v) is 6.81. The van der Waals surface area contributed by atoms with Crippen molar-refractivity contribution in [3.8, 4) is 0 Å². The number of hydrogen-bond donors (Lipinski definition) is 1. The van der Waals surface area contributed by atoms with Crippen LogP contribution < -0.4 is 9.62 Å². The molecule has 0 heterocycles. The van der Waals surface area contributed by atoms with Gasteiger partial charge in [-0.15, -0.1) is 0 Å². The summed E-state index contributed by atoms with van der Waals surface area (Å²) >= 11 is 25.0. The van der Waals surface area contributed by atoms with Crippen LogP contribution in [-0.4, -0.2) is 44.8 Å². The van der Waals surface area contributed by atoms with E-state index in [0.717, 1.165) is 9.87 Å². The molecule has 0 saturated carbocycles. The molecule has 0 aliphatic carbocycles. The van der Waals surface area contributed by atoms with E-state index in [9.17, 15) is 18.0 Å². The minimum Gasteiger partial charge on any atom is -0.357 e. The van der Waals surface area contributed by atoms with Crippen molar-refractivity contribution in [3.05, 3.63) is 128 Å². The molecule has 43 heavy (non-hydrogen) atoms. The van der Waals surface area contributed by atoms with Gasteiger partial charge in [0.05, 0.1) is 25.7 Å². The molecule has 1 atom stereocenters. The highest BCUT2D eigenvalue weighted by Crippen LogP contribution is 2.33. The predicted octanol–water partition coefficient (Wildman–Crippen LogP) is 6.88. The number of carbonyl (C=O) groups is 2. The molecule has 7 nitrogen and oxygen atoms in total. The molecule has 224 valence electrons. The highest BCUT2D eigenvalue weighted by atomic mass is 35.5. The van der Waals surface area contributed by atoms with E-state index in [1.54, 1.807) is 36.4 Å². The third-order valence-electron chi connectivity index (χ3n) is 6.64. The van der Waals surface area contributed by atoms with Crippen molar-refractivity contribution in [3.63, 3.8) is 0 Å². The van der Waals surface area contributed by atoms with E-state index < -0.39 is 34.4 Å². The van der Waals surface area contributed by atoms with Crippen molar-refractivity contribution in [2.24, 2.45) is 0 Å². The first-order chi connectivity index (χ1) is 20.5. The maximum atomic E-state index is 14.3. The van der Waals surface area contributed by atoms with Gasteiger partial charge in [-0.25, -0.2) is 8.42 Å². The van der Waals surface area contributed by atoms with Gasteiger partial charge < -0.3 is 10.2 Å². The second-order valence-electron chi connectivity index (χ2n) is 9.51. The quantitative estimate of drug-likeness (QED) is 0.187. The van der Waals surface area contributed by atoms with Crippen LogP contribution in [-0.2, 0) is 32.6 Å². The van der Waals surface area contributed by atoms with Crippen LogP contribution >= 0.6 is 46.4 Å². The monoisotopic (exact) mass is 677 g/mol. The highest BCUT2D eigenvalue weighted by Gasteiger charge is 2.35. The fraction of sp³-hybridized carbons (Fsp3) is 0.161. The Balaban J connectivity index is 1.82. The summed E-state index contributed by atoms with van der Waals surface area (Å²) < 4.78 is 28.9. The zero-order chi connectivity index (χ0) is 31.1. The largest absolute Gasteiger partial charge is 0.357 e. The second kappa shape index (κ2) is 14.5. The third kappa shape index (κ3) is 8.02. The number of hydrogen-bond acceptors (Lipinski definition) is 4. The lowest BCUT2D eigenvalue weighted by Gasteiger charge is -2.33. The van der Waals surface area contributed by atoms with Crippen LogP contribution in [0, 0.1) is 0 Å². The smallest absolute Gasteiger partial charge is 0.264 e. The first-order valence-corrected chi connectivity index (χ1v) is 16.0. The molecule has 12 heteroatoms. The van der Waals surface area contributed by atoms with Gasteiger partial charge in [0, 0.05) is 25.0 Å². The number of sulfonamides is 1. The Morgan fingerprint density at radius 1 is 0.767 bits per heavy atom. The molecule has 1 unspecified atom stereocenters. The van der Waals surface area contributed by atoms with Gasteiger partial charge in [0.15, 0.2) is 0 Å². The molecule has 0 bridgehead atoms. The molecule has 4 aromatic rings. The molecule has 0 spiro atoms. The molecule has 4 aromatic carbocycles. The predicted molar refractivity (Wildman–Crippen MR) is 172 cm³/mol. The van der Waals surface area contributed by atoms with E-state index in [2.05, 4.69) is 5.32 Å². The standard InChI is InChI=1S/C31H27Cl4N3O4S/c1-36-31(40)29(17-21-8-4-2-5-9-21)37(19-22-12-14-25(33)26(34)16-22)30(39)20-38(28-15-13-23(32)18-27(28)35)43(41,42)24-10-6-3-7-11-24/h2-16,18,29H,17,19-20H2,1H3,(H,36,40). The molecular weight excluding hydrogens is 652 g/mol. The summed E-state index contributed by atoms with van der Waals surface area (Å²) in [5, 5.41) is 3.56. The molecule has 0 aliphatic heterocycles. The third-order valence-corrected chi connectivity index (χ3v) is 9.69. The van der Waals surface area contributed by atoms with Gasteiger partial charge in [0.25, 0.3) is 10.0 Å². The van der Waals surface area contributed by atoms with E-state index in [1.807, 2.05) is 30.3 Å². The number of halogens is 4. The Morgan fingerprint density at radius 3 is 2.02 bits per heavy atom. The first kappa shape index (κ1) is 32.6. The van der Waals surface area contributed by atoms with Crippen molar-refractivity contribution in [1.29, 1.82) is 0 Å². The molecule has 0 fully saturated rings. The first-order valence-electron chi connectivity index (χ1n) is 13.0. The van der Waals surface area contributed by atoms with E-state index in [4.69, 9.17) is 46.4 Å². The normalized spacial score (nSPS) is 11.9. The molecule has 0 radical (unpaired) electrons. The van der Waals surface area contributed by atoms with Crippen LogP contribution in [0.25, 0.3) is 0 Å². The topological polar surface area (TPSA) is 86.8 Å². The maximum Gasteiger partial charge on any atom is 0.264 e. The van der Waals surface area contributed by atoms with Crippen molar-refractivity contribution in [2.75, 3.05) is 17.9 Å². The number of benzene rings is 4. The molecule has 2 amide bonds. The van der Waals surface area contributed by atoms with Gasteiger partial charge in [-0.05, 0) is 53.6 Å². The van der Waals surface area contributed by atoms with Crippen LogP contribution in [0.1, 0.15) is 11.1 Å². The van der Waals surface area contributed by atoms with E-state index in [1.165, 1.54) is 42.3 Å². The average Bonchev–Trinajstić information content (AvgIpc) is 3.00. The molecule has 4 rings (SSSR count). The fourth-order valence-electron chi connectivity index (χ4n) is 4.47. The summed E-state index contributed by atoms with van der Waals surface area (Å²) in [6, 6.07) is 25.1. The van der Waals surface area contributed by atoms with Crippen molar-refractivity contribution >= 4 is 73.9 Å². The average molecular weight is 679 g/mol. The summed E-state index contributed by atoms with van der Waals surface area (Å²) in [7, 11) is -2.82. The Labute approximate surface area is 271 Å². The minimum atomic E-state index is -4.29. The maximum absolute atomic E-state index is 14.3. The second-order valence-corrected chi connectivity index (χ2v) is 13.0. The Kier molecular flexibility index (Phi) is 11.0. The van der Waals surface area contributed by atoms with Crippen molar-refractivity contribution in [2.45, 2.75) is 23.9 Å². The molecule has 0 saturated heterocycles. The lowest BCUT2D eigenvalue weighted by Crippen LogP contribution is -2.53. The van der Waals surface area contributed by atoms with E-state index in [0.29, 0.717) is 15.6 Å². The number of likely N-dealkylation sites (N-methyl/N-ethyl adjacent to an activating group) is 1. The van der Waals surface area contributed by atoms with Gasteiger partial charge in [0.1, 0.15) is 12.6 Å². The lowest BCUT2D eigenvalue weighted by atomic mass is 10.0. The number of carbonyl (C=O) groups excluding carboxylic acids is 2. The Bertz CT molecular complexity index is 1710. The van der Waals surface area contributed by atoms with Gasteiger partial charge in [0.2, 0.25) is 11.8 Å². The summed E-state index contributed by atoms with van der Waals surface area (Å²) in [6.45, 7) is -0.726. The molecular formula is C31H27Cl4N3O4S. The summed E-state index contributed by atoms with van der Waals surface area (Å²) in [4.78, 5) is 28.9. The molecule has 1 N–H and O–H groups in total. The number of nitrogens with zero attached hydrogens (tertiary/aromatic N) is 2. The molecule has 0 aliphatic rings. The Hall–Kier alpha value is -3.27. The van der Waals surface area contributed by atoms with Gasteiger partial charge in [-0.2, -0.15) is 0 Å².